The van der Waals surface area contributed by atoms with E-state index in [0.717, 1.165) is 30.7 Å². The number of hydrogen-bond acceptors (Lipinski definition) is 3. The van der Waals surface area contributed by atoms with Gasteiger partial charge in [0.1, 0.15) is 5.75 Å². The maximum absolute atomic E-state index is 12.4. The fourth-order valence-corrected chi connectivity index (χ4v) is 4.81. The lowest BCUT2D eigenvalue weighted by molar-refractivity contribution is 0.0197. The predicted molar refractivity (Wildman–Crippen MR) is 115 cm³/mol. The van der Waals surface area contributed by atoms with Crippen molar-refractivity contribution in [3.05, 3.63) is 65.7 Å². The number of carbonyl (C=O) groups is 1. The van der Waals surface area contributed by atoms with Gasteiger partial charge in [-0.15, -0.1) is 0 Å². The van der Waals surface area contributed by atoms with Gasteiger partial charge < -0.3 is 15.4 Å². The van der Waals surface area contributed by atoms with Crippen molar-refractivity contribution in [1.82, 2.24) is 15.5 Å². The minimum atomic E-state index is -0.0551. The first kappa shape index (κ1) is 19.8. The molecule has 0 spiro atoms. The molecule has 2 heterocycles. The summed E-state index contributed by atoms with van der Waals surface area (Å²) in [4.78, 5) is 15.0. The van der Waals surface area contributed by atoms with Crippen LogP contribution in [0.4, 0.5) is 4.79 Å². The van der Waals surface area contributed by atoms with Crippen LogP contribution in [0.5, 0.6) is 5.75 Å². The molecule has 2 bridgehead atoms. The van der Waals surface area contributed by atoms with E-state index in [-0.39, 0.29) is 12.1 Å². The van der Waals surface area contributed by atoms with E-state index in [4.69, 9.17) is 4.74 Å². The smallest absolute Gasteiger partial charge is 0.315 e. The molecule has 0 radical (unpaired) electrons. The van der Waals surface area contributed by atoms with Gasteiger partial charge in [0, 0.05) is 31.2 Å². The van der Waals surface area contributed by atoms with Crippen LogP contribution in [0.15, 0.2) is 54.6 Å². The van der Waals surface area contributed by atoms with E-state index < -0.39 is 0 Å². The highest BCUT2D eigenvalue weighted by atomic mass is 16.5. The number of nitrogens with one attached hydrogen (secondary N) is 2. The molecule has 0 saturated carbocycles. The molecule has 29 heavy (non-hydrogen) atoms. The third-order valence-electron chi connectivity index (χ3n) is 6.28. The van der Waals surface area contributed by atoms with Crippen LogP contribution >= 0.6 is 0 Å². The van der Waals surface area contributed by atoms with Crippen LogP contribution in [0.3, 0.4) is 0 Å². The molecule has 2 N–H and O–H groups in total. The SMILES string of the molecule is COc1ccc(CN2C3CCCC2CC(NC(=O)NCc2ccccc2)C3)cc1. The summed E-state index contributed by atoms with van der Waals surface area (Å²) in [5.41, 5.74) is 2.45. The van der Waals surface area contributed by atoms with E-state index in [1.807, 2.05) is 42.5 Å². The lowest BCUT2D eigenvalue weighted by atomic mass is 9.81. The first-order chi connectivity index (χ1) is 14.2. The zero-order chi connectivity index (χ0) is 20.1. The molecular weight excluding hydrogens is 362 g/mol. The van der Waals surface area contributed by atoms with Gasteiger partial charge in [-0.25, -0.2) is 4.79 Å². The number of amides is 2. The van der Waals surface area contributed by atoms with Gasteiger partial charge in [0.25, 0.3) is 0 Å². The van der Waals surface area contributed by atoms with Crippen molar-refractivity contribution in [2.24, 2.45) is 0 Å². The largest absolute Gasteiger partial charge is 0.497 e. The second kappa shape index (κ2) is 9.31. The summed E-state index contributed by atoms with van der Waals surface area (Å²) < 4.78 is 5.27. The fraction of sp³-hybridized carbons (Fsp3) is 0.458. The lowest BCUT2D eigenvalue weighted by Crippen LogP contribution is -2.57. The first-order valence-electron chi connectivity index (χ1n) is 10.7. The lowest BCUT2D eigenvalue weighted by Gasteiger charge is -2.49. The van der Waals surface area contributed by atoms with Gasteiger partial charge in [-0.05, 0) is 48.9 Å². The van der Waals surface area contributed by atoms with Crippen LogP contribution in [0, 0.1) is 0 Å². The average molecular weight is 394 g/mol. The van der Waals surface area contributed by atoms with Crippen molar-refractivity contribution in [1.29, 1.82) is 0 Å². The number of ether oxygens (including phenoxy) is 1. The van der Waals surface area contributed by atoms with E-state index in [2.05, 4.69) is 27.7 Å². The van der Waals surface area contributed by atoms with Gasteiger partial charge in [0.15, 0.2) is 0 Å². The monoisotopic (exact) mass is 393 g/mol. The quantitative estimate of drug-likeness (QED) is 0.778. The highest BCUT2D eigenvalue weighted by Gasteiger charge is 2.38. The Balaban J connectivity index is 1.31. The Hall–Kier alpha value is -2.53. The van der Waals surface area contributed by atoms with E-state index >= 15 is 0 Å². The molecule has 5 nitrogen and oxygen atoms in total. The molecule has 2 saturated heterocycles. The summed E-state index contributed by atoms with van der Waals surface area (Å²) in [5.74, 6) is 0.901. The summed E-state index contributed by atoms with van der Waals surface area (Å²) in [6, 6.07) is 19.7. The third kappa shape index (κ3) is 5.10. The molecule has 0 aromatic heterocycles. The number of methoxy groups -OCH3 is 1. The number of nitrogens with zero attached hydrogens (tertiary/aromatic N) is 1. The molecule has 2 aliphatic rings. The minimum absolute atomic E-state index is 0.0551. The molecule has 5 heteroatoms. The van der Waals surface area contributed by atoms with Gasteiger partial charge in [-0.1, -0.05) is 48.9 Å². The molecule has 0 aliphatic carbocycles. The van der Waals surface area contributed by atoms with Gasteiger partial charge in [-0.3, -0.25) is 4.90 Å². The number of hydrogen-bond donors (Lipinski definition) is 2. The van der Waals surface area contributed by atoms with Crippen molar-refractivity contribution in [3.63, 3.8) is 0 Å². The molecule has 2 aliphatic heterocycles. The van der Waals surface area contributed by atoms with Crippen molar-refractivity contribution in [2.75, 3.05) is 7.11 Å². The molecule has 4 rings (SSSR count). The Morgan fingerprint density at radius 1 is 1.00 bits per heavy atom. The average Bonchev–Trinajstić information content (AvgIpc) is 2.74. The van der Waals surface area contributed by atoms with Crippen molar-refractivity contribution in [2.45, 2.75) is 63.3 Å². The third-order valence-corrected chi connectivity index (χ3v) is 6.28. The number of rotatable bonds is 6. The summed E-state index contributed by atoms with van der Waals surface area (Å²) >= 11 is 0. The second-order valence-electron chi connectivity index (χ2n) is 8.24. The highest BCUT2D eigenvalue weighted by Crippen LogP contribution is 2.35. The summed E-state index contributed by atoms with van der Waals surface area (Å²) in [6.45, 7) is 1.54. The first-order valence-corrected chi connectivity index (χ1v) is 10.7. The molecule has 2 aromatic rings. The topological polar surface area (TPSA) is 53.6 Å². The number of benzene rings is 2. The standard InChI is InChI=1S/C24H31N3O2/c1-29-23-12-10-19(11-13-23)17-27-21-8-5-9-22(27)15-20(14-21)26-24(28)25-16-18-6-3-2-4-7-18/h2-4,6-7,10-13,20-22H,5,8-9,14-17H2,1H3,(H2,25,26,28). The van der Waals surface area contributed by atoms with Gasteiger partial charge in [-0.2, -0.15) is 0 Å². The number of carbonyl (C=O) groups excluding carboxylic acids is 1. The van der Waals surface area contributed by atoms with E-state index in [0.29, 0.717) is 18.6 Å². The van der Waals surface area contributed by atoms with Crippen LogP contribution in [0.2, 0.25) is 0 Å². The van der Waals surface area contributed by atoms with Gasteiger partial charge >= 0.3 is 6.03 Å². The summed E-state index contributed by atoms with van der Waals surface area (Å²) in [5, 5.41) is 6.22. The van der Waals surface area contributed by atoms with Crippen molar-refractivity contribution in [3.8, 4) is 5.75 Å². The molecule has 2 unspecified atom stereocenters. The molecule has 2 aromatic carbocycles. The minimum Gasteiger partial charge on any atom is -0.497 e. The normalized spacial score (nSPS) is 24.0. The molecule has 154 valence electrons. The van der Waals surface area contributed by atoms with E-state index in [9.17, 15) is 4.79 Å². The Kier molecular flexibility index (Phi) is 6.35. The van der Waals surface area contributed by atoms with Crippen molar-refractivity contribution < 1.29 is 9.53 Å². The second-order valence-corrected chi connectivity index (χ2v) is 8.24. The van der Waals surface area contributed by atoms with E-state index in [1.165, 1.54) is 24.8 Å². The number of urea groups is 1. The molecule has 2 amide bonds. The summed E-state index contributed by atoms with van der Waals surface area (Å²) in [6.07, 6.45) is 5.80. The van der Waals surface area contributed by atoms with Gasteiger partial charge in [0.2, 0.25) is 0 Å². The zero-order valence-corrected chi connectivity index (χ0v) is 17.1. The van der Waals surface area contributed by atoms with Crippen LogP contribution in [0.25, 0.3) is 0 Å². The zero-order valence-electron chi connectivity index (χ0n) is 17.1. The summed E-state index contributed by atoms with van der Waals surface area (Å²) in [7, 11) is 1.70. The van der Waals surface area contributed by atoms with Crippen LogP contribution < -0.4 is 15.4 Å². The Morgan fingerprint density at radius 2 is 1.69 bits per heavy atom. The molecule has 2 fully saturated rings. The highest BCUT2D eigenvalue weighted by molar-refractivity contribution is 5.74. The molecule has 2 atom stereocenters. The van der Waals surface area contributed by atoms with Crippen LogP contribution in [0.1, 0.15) is 43.2 Å². The number of piperidine rings is 2. The maximum atomic E-state index is 12.4. The number of fused-ring (bicyclic) bond motifs is 2. The van der Waals surface area contributed by atoms with Crippen molar-refractivity contribution >= 4 is 6.03 Å². The van der Waals surface area contributed by atoms with Crippen LogP contribution in [-0.2, 0) is 13.1 Å². The Labute approximate surface area is 173 Å². The Bertz CT molecular complexity index is 780. The Morgan fingerprint density at radius 3 is 2.34 bits per heavy atom. The van der Waals surface area contributed by atoms with E-state index in [1.54, 1.807) is 7.11 Å². The fourth-order valence-electron chi connectivity index (χ4n) is 4.81. The predicted octanol–water partition coefficient (Wildman–Crippen LogP) is 4.08. The van der Waals surface area contributed by atoms with Gasteiger partial charge in [0.05, 0.1) is 7.11 Å². The van der Waals surface area contributed by atoms with Crippen LogP contribution in [-0.4, -0.2) is 36.2 Å². The maximum Gasteiger partial charge on any atom is 0.315 e. The molecular formula is C24H31N3O2.